The fraction of sp³-hybridized carbons (Fsp3) is 0.238. The molecule has 0 saturated heterocycles. The fourth-order valence-corrected chi connectivity index (χ4v) is 3.19. The number of benzene rings is 2. The standard InChI is InChI=1S/C21H20ClN3O4/c1-13(25-20(28)16-4-2-3-5-17(16)21(25)29)19(27)24-11-10-23-18(26)12-14-6-8-15(22)9-7-14/h2-9,13H,10-12H2,1H3,(H,23,26)(H,24,27). The average Bonchev–Trinajstić information content (AvgIpc) is 2.97. The van der Waals surface area contributed by atoms with E-state index in [9.17, 15) is 19.2 Å². The van der Waals surface area contributed by atoms with Gasteiger partial charge in [0.25, 0.3) is 11.8 Å². The molecule has 2 aromatic carbocycles. The number of amides is 4. The molecule has 0 saturated carbocycles. The van der Waals surface area contributed by atoms with Crippen LogP contribution in [0.15, 0.2) is 48.5 Å². The molecule has 29 heavy (non-hydrogen) atoms. The quantitative estimate of drug-likeness (QED) is 0.534. The molecule has 1 heterocycles. The van der Waals surface area contributed by atoms with Crippen LogP contribution in [0.5, 0.6) is 0 Å². The summed E-state index contributed by atoms with van der Waals surface area (Å²) in [6.45, 7) is 1.90. The first-order chi connectivity index (χ1) is 13.9. The van der Waals surface area contributed by atoms with Crippen LogP contribution in [0.3, 0.4) is 0 Å². The lowest BCUT2D eigenvalue weighted by Crippen LogP contribution is -2.49. The van der Waals surface area contributed by atoms with E-state index in [1.807, 2.05) is 0 Å². The van der Waals surface area contributed by atoms with Crippen molar-refractivity contribution in [1.29, 1.82) is 0 Å². The number of carbonyl (C=O) groups is 4. The van der Waals surface area contributed by atoms with Gasteiger partial charge in [0.05, 0.1) is 17.5 Å². The summed E-state index contributed by atoms with van der Waals surface area (Å²) < 4.78 is 0. The molecule has 3 rings (SSSR count). The smallest absolute Gasteiger partial charge is 0.262 e. The van der Waals surface area contributed by atoms with Gasteiger partial charge in [-0.25, -0.2) is 0 Å². The molecular formula is C21H20ClN3O4. The van der Waals surface area contributed by atoms with Crippen LogP contribution in [0.1, 0.15) is 33.2 Å². The summed E-state index contributed by atoms with van der Waals surface area (Å²) in [5.41, 5.74) is 1.42. The van der Waals surface area contributed by atoms with Crippen molar-refractivity contribution < 1.29 is 19.2 Å². The second-order valence-corrected chi connectivity index (χ2v) is 7.08. The molecule has 0 bridgehead atoms. The van der Waals surface area contributed by atoms with E-state index >= 15 is 0 Å². The third-order valence-electron chi connectivity index (χ3n) is 4.62. The largest absolute Gasteiger partial charge is 0.354 e. The second kappa shape index (κ2) is 8.87. The zero-order valence-electron chi connectivity index (χ0n) is 15.8. The van der Waals surface area contributed by atoms with E-state index in [2.05, 4.69) is 10.6 Å². The minimum absolute atomic E-state index is 0.179. The summed E-state index contributed by atoms with van der Waals surface area (Å²) in [5, 5.41) is 5.94. The van der Waals surface area contributed by atoms with Crippen LogP contribution in [-0.4, -0.2) is 47.7 Å². The lowest BCUT2D eigenvalue weighted by molar-refractivity contribution is -0.125. The third-order valence-corrected chi connectivity index (χ3v) is 4.87. The summed E-state index contributed by atoms with van der Waals surface area (Å²) in [7, 11) is 0. The first kappa shape index (κ1) is 20.5. The van der Waals surface area contributed by atoms with Crippen LogP contribution in [-0.2, 0) is 16.0 Å². The zero-order valence-corrected chi connectivity index (χ0v) is 16.5. The number of hydrogen-bond donors (Lipinski definition) is 2. The van der Waals surface area contributed by atoms with Crippen LogP contribution in [0.2, 0.25) is 5.02 Å². The highest BCUT2D eigenvalue weighted by molar-refractivity contribution is 6.30. The van der Waals surface area contributed by atoms with E-state index in [1.54, 1.807) is 48.5 Å². The molecule has 0 radical (unpaired) electrons. The number of fused-ring (bicyclic) bond motifs is 1. The van der Waals surface area contributed by atoms with Gasteiger partial charge >= 0.3 is 0 Å². The summed E-state index contributed by atoms with van der Waals surface area (Å²) in [5.74, 6) is -1.62. The van der Waals surface area contributed by atoms with Gasteiger partial charge in [0.15, 0.2) is 0 Å². The lowest BCUT2D eigenvalue weighted by atomic mass is 10.1. The molecule has 8 heteroatoms. The molecule has 2 aromatic rings. The summed E-state index contributed by atoms with van der Waals surface area (Å²) in [6, 6.07) is 12.5. The molecule has 0 fully saturated rings. The maximum Gasteiger partial charge on any atom is 0.262 e. The van der Waals surface area contributed by atoms with Crippen molar-refractivity contribution in [2.24, 2.45) is 0 Å². The van der Waals surface area contributed by atoms with E-state index in [4.69, 9.17) is 11.6 Å². The number of rotatable bonds is 7. The van der Waals surface area contributed by atoms with Crippen molar-refractivity contribution in [2.45, 2.75) is 19.4 Å². The van der Waals surface area contributed by atoms with Crippen LogP contribution in [0.4, 0.5) is 0 Å². The Bertz CT molecular complexity index is 924. The molecule has 1 atom stereocenters. The monoisotopic (exact) mass is 413 g/mol. The van der Waals surface area contributed by atoms with Crippen molar-refractivity contribution in [2.75, 3.05) is 13.1 Å². The first-order valence-electron chi connectivity index (χ1n) is 9.14. The number of nitrogens with one attached hydrogen (secondary N) is 2. The van der Waals surface area contributed by atoms with Gasteiger partial charge in [-0.2, -0.15) is 0 Å². The number of halogens is 1. The first-order valence-corrected chi connectivity index (χ1v) is 9.52. The molecule has 2 N–H and O–H groups in total. The van der Waals surface area contributed by atoms with Crippen molar-refractivity contribution >= 4 is 35.2 Å². The SMILES string of the molecule is CC(C(=O)NCCNC(=O)Cc1ccc(Cl)cc1)N1C(=O)c2ccccc2C1=O. The van der Waals surface area contributed by atoms with E-state index in [1.165, 1.54) is 6.92 Å². The Hall–Kier alpha value is -3.19. The van der Waals surface area contributed by atoms with Gasteiger partial charge in [-0.3, -0.25) is 24.1 Å². The molecule has 1 unspecified atom stereocenters. The topological polar surface area (TPSA) is 95.6 Å². The van der Waals surface area contributed by atoms with Crippen molar-refractivity contribution in [3.63, 3.8) is 0 Å². The minimum Gasteiger partial charge on any atom is -0.354 e. The third kappa shape index (κ3) is 4.63. The maximum absolute atomic E-state index is 12.4. The number of hydrogen-bond acceptors (Lipinski definition) is 4. The molecule has 0 aromatic heterocycles. The van der Waals surface area contributed by atoms with Crippen molar-refractivity contribution in [1.82, 2.24) is 15.5 Å². The Morgan fingerprint density at radius 1 is 0.931 bits per heavy atom. The highest BCUT2D eigenvalue weighted by Gasteiger charge is 2.40. The number of carbonyl (C=O) groups excluding carboxylic acids is 4. The van der Waals surface area contributed by atoms with Gasteiger partial charge in [-0.15, -0.1) is 0 Å². The molecule has 0 aliphatic carbocycles. The van der Waals surface area contributed by atoms with Gasteiger partial charge in [-0.05, 0) is 36.8 Å². The van der Waals surface area contributed by atoms with Gasteiger partial charge < -0.3 is 10.6 Å². The van der Waals surface area contributed by atoms with Crippen molar-refractivity contribution in [3.05, 3.63) is 70.2 Å². The van der Waals surface area contributed by atoms with Crippen LogP contribution in [0.25, 0.3) is 0 Å². The lowest BCUT2D eigenvalue weighted by Gasteiger charge is -2.21. The Morgan fingerprint density at radius 2 is 1.48 bits per heavy atom. The molecular weight excluding hydrogens is 394 g/mol. The Morgan fingerprint density at radius 3 is 2.07 bits per heavy atom. The van der Waals surface area contributed by atoms with Gasteiger partial charge in [-0.1, -0.05) is 35.9 Å². The normalized spacial score (nSPS) is 13.8. The van der Waals surface area contributed by atoms with Crippen LogP contribution in [0, 0.1) is 0 Å². The predicted molar refractivity (Wildman–Crippen MR) is 108 cm³/mol. The Balaban J connectivity index is 1.45. The molecule has 150 valence electrons. The maximum atomic E-state index is 12.4. The molecule has 4 amide bonds. The second-order valence-electron chi connectivity index (χ2n) is 6.65. The highest BCUT2D eigenvalue weighted by Crippen LogP contribution is 2.24. The van der Waals surface area contributed by atoms with E-state index in [0.29, 0.717) is 16.1 Å². The van der Waals surface area contributed by atoms with Crippen LogP contribution < -0.4 is 10.6 Å². The van der Waals surface area contributed by atoms with E-state index in [0.717, 1.165) is 10.5 Å². The average molecular weight is 414 g/mol. The van der Waals surface area contributed by atoms with Crippen molar-refractivity contribution in [3.8, 4) is 0 Å². The highest BCUT2D eigenvalue weighted by atomic mass is 35.5. The summed E-state index contributed by atoms with van der Waals surface area (Å²) in [6.07, 6.45) is 0.205. The molecule has 0 spiro atoms. The number of nitrogens with zero attached hydrogens (tertiary/aromatic N) is 1. The molecule has 1 aliphatic heterocycles. The van der Waals surface area contributed by atoms with Gasteiger partial charge in [0.1, 0.15) is 6.04 Å². The molecule has 1 aliphatic rings. The van der Waals surface area contributed by atoms with Gasteiger partial charge in [0.2, 0.25) is 11.8 Å². The predicted octanol–water partition coefficient (Wildman–Crippen LogP) is 1.80. The Labute approximate surface area is 173 Å². The zero-order chi connectivity index (χ0) is 21.0. The molecule has 7 nitrogen and oxygen atoms in total. The van der Waals surface area contributed by atoms with Crippen LogP contribution >= 0.6 is 11.6 Å². The van der Waals surface area contributed by atoms with E-state index < -0.39 is 23.8 Å². The fourth-order valence-electron chi connectivity index (χ4n) is 3.06. The Kier molecular flexibility index (Phi) is 6.29. The van der Waals surface area contributed by atoms with E-state index in [-0.39, 0.29) is 25.4 Å². The number of imide groups is 1. The van der Waals surface area contributed by atoms with Gasteiger partial charge in [0, 0.05) is 18.1 Å². The summed E-state index contributed by atoms with van der Waals surface area (Å²) >= 11 is 5.81. The summed E-state index contributed by atoms with van der Waals surface area (Å²) in [4.78, 5) is 50.1. The minimum atomic E-state index is -0.952.